The minimum Gasteiger partial charge on any atom is -0.464 e. The Morgan fingerprint density at radius 1 is 0.706 bits per heavy atom. The van der Waals surface area contributed by atoms with Crippen molar-refractivity contribution >= 4 is 17.8 Å². The van der Waals surface area contributed by atoms with Gasteiger partial charge in [-0.25, -0.2) is 0 Å². The summed E-state index contributed by atoms with van der Waals surface area (Å²) in [5, 5.41) is 2.70. The second-order valence-electron chi connectivity index (χ2n) is 8.98. The van der Waals surface area contributed by atoms with Gasteiger partial charge in [0.2, 0.25) is 5.91 Å². The number of nitrogens with one attached hydrogen (secondary N) is 1. The van der Waals surface area contributed by atoms with Gasteiger partial charge in [0.1, 0.15) is 18.8 Å². The Morgan fingerprint density at radius 3 is 1.68 bits per heavy atom. The van der Waals surface area contributed by atoms with Gasteiger partial charge in [0.05, 0.1) is 0 Å². The molecule has 1 amide bonds. The van der Waals surface area contributed by atoms with E-state index >= 15 is 0 Å². The van der Waals surface area contributed by atoms with Gasteiger partial charge in [0.25, 0.3) is 0 Å². The lowest BCUT2D eigenvalue weighted by atomic mass is 10.1. The van der Waals surface area contributed by atoms with Crippen molar-refractivity contribution in [1.82, 2.24) is 5.32 Å². The maximum atomic E-state index is 11.5. The van der Waals surface area contributed by atoms with Crippen LogP contribution in [0.15, 0.2) is 24.3 Å². The molecule has 0 fully saturated rings. The molecule has 0 bridgehead atoms. The molecule has 2 atom stereocenters. The second kappa shape index (κ2) is 22.7. The van der Waals surface area contributed by atoms with Crippen molar-refractivity contribution in [3.05, 3.63) is 24.3 Å². The van der Waals surface area contributed by atoms with Crippen molar-refractivity contribution in [3.8, 4) is 0 Å². The molecule has 196 valence electrons. The number of allylic oxidation sites excluding steroid dienone is 3. The molecular weight excluding hydrogens is 430 g/mol. The average Bonchev–Trinajstić information content (AvgIpc) is 2.77. The zero-order valence-electron chi connectivity index (χ0n) is 22.1. The quantitative estimate of drug-likeness (QED) is 0.114. The third kappa shape index (κ3) is 21.7. The second-order valence-corrected chi connectivity index (χ2v) is 8.98. The van der Waals surface area contributed by atoms with E-state index in [-0.39, 0.29) is 12.5 Å². The Bertz CT molecular complexity index is 600. The minimum atomic E-state index is -0.675. The summed E-state index contributed by atoms with van der Waals surface area (Å²) in [6.07, 6.45) is 25.1. The van der Waals surface area contributed by atoms with Crippen molar-refractivity contribution in [1.29, 1.82) is 0 Å². The highest BCUT2D eigenvalue weighted by Crippen LogP contribution is 2.12. The van der Waals surface area contributed by atoms with Crippen LogP contribution in [0.3, 0.4) is 0 Å². The molecule has 0 aliphatic carbocycles. The molecule has 0 saturated carbocycles. The van der Waals surface area contributed by atoms with Crippen LogP contribution >= 0.6 is 0 Å². The van der Waals surface area contributed by atoms with Gasteiger partial charge >= 0.3 is 11.9 Å². The van der Waals surface area contributed by atoms with E-state index in [9.17, 15) is 14.4 Å². The van der Waals surface area contributed by atoms with E-state index in [1.165, 1.54) is 97.8 Å². The fourth-order valence-corrected chi connectivity index (χ4v) is 3.70. The summed E-state index contributed by atoms with van der Waals surface area (Å²) in [7, 11) is 0. The van der Waals surface area contributed by atoms with Crippen molar-refractivity contribution in [2.75, 3.05) is 6.61 Å². The molecule has 2 unspecified atom stereocenters. The Morgan fingerprint density at radius 2 is 1.21 bits per heavy atom. The zero-order valence-corrected chi connectivity index (χ0v) is 22.1. The molecule has 0 saturated heterocycles. The molecule has 0 aromatic carbocycles. The molecule has 0 heterocycles. The lowest BCUT2D eigenvalue weighted by molar-refractivity contribution is -0.149. The van der Waals surface area contributed by atoms with Gasteiger partial charge in [-0.2, -0.15) is 0 Å². The largest absolute Gasteiger partial charge is 0.464 e. The standard InChI is InChI=1S/C28H49NO5/c1-5-6-7-8-9-10-11-12-13-14-15-16-17-18-19-20-21-22-28(34-26(4)32)27(29-24(2)30)23-33-25(3)31/h10-11,21-22,27-28H,5-9,12-20,23H2,1-4H3,(H,29,30). The molecule has 0 aromatic heterocycles. The first kappa shape index (κ1) is 31.9. The highest BCUT2D eigenvalue weighted by Gasteiger charge is 2.24. The minimum absolute atomic E-state index is 0.0497. The zero-order chi connectivity index (χ0) is 25.4. The van der Waals surface area contributed by atoms with Gasteiger partial charge < -0.3 is 14.8 Å². The normalized spacial score (nSPS) is 13.2. The summed E-state index contributed by atoms with van der Waals surface area (Å²) in [4.78, 5) is 34.1. The first-order chi connectivity index (χ1) is 16.4. The first-order valence-corrected chi connectivity index (χ1v) is 13.3. The fraction of sp³-hybridized carbons (Fsp3) is 0.750. The number of unbranched alkanes of at least 4 members (excludes halogenated alkanes) is 12. The van der Waals surface area contributed by atoms with Crippen LogP contribution < -0.4 is 5.32 Å². The number of hydrogen-bond donors (Lipinski definition) is 1. The number of ether oxygens (including phenoxy) is 2. The molecule has 6 heteroatoms. The number of esters is 2. The number of amides is 1. The van der Waals surface area contributed by atoms with E-state index in [2.05, 4.69) is 24.4 Å². The van der Waals surface area contributed by atoms with Crippen LogP contribution in [0.1, 0.15) is 118 Å². The Hall–Kier alpha value is -2.11. The molecule has 0 rings (SSSR count). The molecule has 1 N–H and O–H groups in total. The molecule has 0 spiro atoms. The summed E-state index contributed by atoms with van der Waals surface area (Å²) in [6, 6.07) is -0.613. The van der Waals surface area contributed by atoms with Crippen molar-refractivity contribution in [2.45, 2.75) is 130 Å². The van der Waals surface area contributed by atoms with Gasteiger partial charge in [0, 0.05) is 20.8 Å². The third-order valence-corrected chi connectivity index (χ3v) is 5.51. The van der Waals surface area contributed by atoms with E-state index in [0.717, 1.165) is 12.8 Å². The van der Waals surface area contributed by atoms with E-state index in [4.69, 9.17) is 9.47 Å². The monoisotopic (exact) mass is 479 g/mol. The Balaban J connectivity index is 4.02. The number of carbonyl (C=O) groups excluding carboxylic acids is 3. The molecule has 0 radical (unpaired) electrons. The molecule has 34 heavy (non-hydrogen) atoms. The summed E-state index contributed by atoms with van der Waals surface area (Å²) in [6.45, 7) is 6.20. The van der Waals surface area contributed by atoms with Crippen LogP contribution in [0.5, 0.6) is 0 Å². The highest BCUT2D eigenvalue weighted by atomic mass is 16.6. The van der Waals surface area contributed by atoms with Gasteiger partial charge in [-0.1, -0.05) is 76.5 Å². The topological polar surface area (TPSA) is 81.7 Å². The molecular formula is C28H49NO5. The summed E-state index contributed by atoms with van der Waals surface area (Å²) in [5.41, 5.74) is 0. The third-order valence-electron chi connectivity index (χ3n) is 5.51. The predicted molar refractivity (Wildman–Crippen MR) is 138 cm³/mol. The van der Waals surface area contributed by atoms with Crippen molar-refractivity contribution in [3.63, 3.8) is 0 Å². The molecule has 0 aromatic rings. The Kier molecular flexibility index (Phi) is 21.3. The van der Waals surface area contributed by atoms with Gasteiger partial charge in [-0.05, 0) is 44.6 Å². The fourth-order valence-electron chi connectivity index (χ4n) is 3.70. The van der Waals surface area contributed by atoms with Crippen molar-refractivity contribution in [2.24, 2.45) is 0 Å². The number of hydrogen-bond acceptors (Lipinski definition) is 5. The molecule has 0 aliphatic rings. The average molecular weight is 480 g/mol. The van der Waals surface area contributed by atoms with Gasteiger partial charge in [0.15, 0.2) is 0 Å². The van der Waals surface area contributed by atoms with Crippen molar-refractivity contribution < 1.29 is 23.9 Å². The van der Waals surface area contributed by atoms with Crippen LogP contribution in [-0.2, 0) is 23.9 Å². The summed E-state index contributed by atoms with van der Waals surface area (Å²) >= 11 is 0. The van der Waals surface area contributed by atoms with Crippen LogP contribution in [0, 0.1) is 0 Å². The summed E-state index contributed by atoms with van der Waals surface area (Å²) < 4.78 is 10.4. The molecule has 0 aliphatic heterocycles. The van der Waals surface area contributed by atoms with Crippen LogP contribution in [-0.4, -0.2) is 36.6 Å². The Labute approximate surface area is 207 Å². The van der Waals surface area contributed by atoms with Crippen LogP contribution in [0.4, 0.5) is 0 Å². The summed E-state index contributed by atoms with van der Waals surface area (Å²) in [5.74, 6) is -1.17. The number of carbonyl (C=O) groups is 3. The maximum absolute atomic E-state index is 11.5. The van der Waals surface area contributed by atoms with Gasteiger partial charge in [-0.15, -0.1) is 0 Å². The smallest absolute Gasteiger partial charge is 0.303 e. The maximum Gasteiger partial charge on any atom is 0.303 e. The highest BCUT2D eigenvalue weighted by molar-refractivity contribution is 5.73. The molecule has 6 nitrogen and oxygen atoms in total. The lowest BCUT2D eigenvalue weighted by Crippen LogP contribution is -2.46. The lowest BCUT2D eigenvalue weighted by Gasteiger charge is -2.24. The number of rotatable bonds is 21. The van der Waals surface area contributed by atoms with E-state index in [0.29, 0.717) is 0 Å². The van der Waals surface area contributed by atoms with E-state index < -0.39 is 24.1 Å². The van der Waals surface area contributed by atoms with E-state index in [1.54, 1.807) is 6.08 Å². The van der Waals surface area contributed by atoms with Gasteiger partial charge in [-0.3, -0.25) is 14.4 Å². The first-order valence-electron chi connectivity index (χ1n) is 13.3. The van der Waals surface area contributed by atoms with Crippen LogP contribution in [0.2, 0.25) is 0 Å². The SMILES string of the molecule is CCCCCCC=CCCCCCCCCCC=CC(OC(C)=O)C(COC(C)=O)NC(C)=O. The predicted octanol–water partition coefficient (Wildman–Crippen LogP) is 6.58. The van der Waals surface area contributed by atoms with E-state index in [1.807, 2.05) is 6.08 Å². The van der Waals surface area contributed by atoms with Crippen LogP contribution in [0.25, 0.3) is 0 Å².